The van der Waals surface area contributed by atoms with E-state index in [2.05, 4.69) is 5.32 Å². The van der Waals surface area contributed by atoms with Crippen LogP contribution in [-0.2, 0) is 9.59 Å². The Bertz CT molecular complexity index is 563. The van der Waals surface area contributed by atoms with Gasteiger partial charge >= 0.3 is 5.97 Å². The number of nitrogens with one attached hydrogen (secondary N) is 1. The van der Waals surface area contributed by atoms with Crippen LogP contribution in [0.4, 0.5) is 4.39 Å². The summed E-state index contributed by atoms with van der Waals surface area (Å²) in [6.45, 7) is 0. The molecule has 23 heavy (non-hydrogen) atoms. The molecule has 2 rings (SSSR count). The Labute approximate surface area is 134 Å². The lowest BCUT2D eigenvalue weighted by molar-refractivity contribution is -0.143. The number of rotatable bonds is 5. The van der Waals surface area contributed by atoms with E-state index >= 15 is 0 Å². The van der Waals surface area contributed by atoms with Gasteiger partial charge in [-0.15, -0.1) is 0 Å². The number of carbonyl (C=O) groups is 2. The van der Waals surface area contributed by atoms with Gasteiger partial charge < -0.3 is 15.5 Å². The summed E-state index contributed by atoms with van der Waals surface area (Å²) in [5.41, 5.74) is 0.329. The highest BCUT2D eigenvalue weighted by Gasteiger charge is 2.30. The van der Waals surface area contributed by atoms with Gasteiger partial charge in [0.05, 0.1) is 18.4 Å². The van der Waals surface area contributed by atoms with Gasteiger partial charge in [-0.2, -0.15) is 0 Å². The second-order valence-corrected chi connectivity index (χ2v) is 6.03. The van der Waals surface area contributed by atoms with Crippen molar-refractivity contribution in [1.29, 1.82) is 0 Å². The number of carboxylic acids is 1. The summed E-state index contributed by atoms with van der Waals surface area (Å²) in [4.78, 5) is 23.4. The van der Waals surface area contributed by atoms with Gasteiger partial charge in [0.15, 0.2) is 0 Å². The van der Waals surface area contributed by atoms with Crippen LogP contribution in [0.15, 0.2) is 24.3 Å². The Hall–Kier alpha value is -1.95. The van der Waals surface area contributed by atoms with Gasteiger partial charge in [-0.05, 0) is 30.5 Å². The molecule has 0 aliphatic heterocycles. The molecule has 3 N–H and O–H groups in total. The van der Waals surface area contributed by atoms with Crippen LogP contribution in [0.3, 0.4) is 0 Å². The number of aliphatic hydroxyl groups excluding tert-OH is 1. The van der Waals surface area contributed by atoms with Crippen LogP contribution in [0.5, 0.6) is 0 Å². The number of aliphatic carboxylic acids is 1. The molecule has 1 aromatic rings. The third kappa shape index (κ3) is 5.03. The highest BCUT2D eigenvalue weighted by molar-refractivity contribution is 5.78. The minimum atomic E-state index is -1.11. The van der Waals surface area contributed by atoms with E-state index in [1.165, 1.54) is 18.2 Å². The molecular formula is C17H22FNO4. The molecule has 1 aromatic carbocycles. The standard InChI is InChI=1S/C17H22FNO4/c18-12-6-4-5-11(9-12)15(20)10-16(21)19-14-8-3-1-2-7-13(14)17(22)23/h4-6,9,13-15,20H,1-3,7-8,10H2,(H,19,21)(H,22,23)/t13-,14+,15?/m1/s1. The average Bonchev–Trinajstić information content (AvgIpc) is 2.72. The van der Waals surface area contributed by atoms with Gasteiger partial charge in [0.2, 0.25) is 5.91 Å². The molecule has 5 nitrogen and oxygen atoms in total. The Balaban J connectivity index is 1.95. The van der Waals surface area contributed by atoms with Crippen molar-refractivity contribution in [2.24, 2.45) is 5.92 Å². The number of amides is 1. The molecule has 0 aromatic heterocycles. The normalized spacial score (nSPS) is 22.9. The zero-order valence-corrected chi connectivity index (χ0v) is 12.9. The molecule has 126 valence electrons. The van der Waals surface area contributed by atoms with Crippen molar-refractivity contribution in [2.45, 2.75) is 50.7 Å². The SMILES string of the molecule is O=C(CC(O)c1cccc(F)c1)N[C@H]1CCCCC[C@H]1C(=O)O. The first-order chi connectivity index (χ1) is 11.0. The first-order valence-electron chi connectivity index (χ1n) is 7.93. The Morgan fingerprint density at radius 2 is 2.00 bits per heavy atom. The average molecular weight is 323 g/mol. The van der Waals surface area contributed by atoms with Crippen molar-refractivity contribution < 1.29 is 24.2 Å². The van der Waals surface area contributed by atoms with Gasteiger partial charge in [-0.25, -0.2) is 4.39 Å². The first-order valence-corrected chi connectivity index (χ1v) is 7.93. The number of carboxylic acid groups (broad SMARTS) is 1. The molecule has 0 spiro atoms. The van der Waals surface area contributed by atoms with Crippen LogP contribution in [0, 0.1) is 11.7 Å². The maximum atomic E-state index is 13.1. The fraction of sp³-hybridized carbons (Fsp3) is 0.529. The number of carbonyl (C=O) groups excluding carboxylic acids is 1. The number of halogens is 1. The van der Waals surface area contributed by atoms with Crippen molar-refractivity contribution in [3.8, 4) is 0 Å². The minimum absolute atomic E-state index is 0.216. The van der Waals surface area contributed by atoms with Crippen LogP contribution < -0.4 is 5.32 Å². The molecule has 3 atom stereocenters. The summed E-state index contributed by atoms with van der Waals surface area (Å²) >= 11 is 0. The smallest absolute Gasteiger partial charge is 0.308 e. The van der Waals surface area contributed by atoms with Gasteiger partial charge in [-0.1, -0.05) is 31.4 Å². The number of benzene rings is 1. The molecule has 0 bridgehead atoms. The highest BCUT2D eigenvalue weighted by atomic mass is 19.1. The van der Waals surface area contributed by atoms with E-state index in [1.807, 2.05) is 0 Å². The third-order valence-electron chi connectivity index (χ3n) is 4.29. The Kier molecular flexibility index (Phi) is 6.10. The molecule has 0 saturated heterocycles. The molecule has 1 aliphatic carbocycles. The quantitative estimate of drug-likeness (QED) is 0.726. The molecule has 1 fully saturated rings. The van der Waals surface area contributed by atoms with Crippen molar-refractivity contribution in [2.75, 3.05) is 0 Å². The van der Waals surface area contributed by atoms with Gasteiger partial charge in [-0.3, -0.25) is 9.59 Å². The summed E-state index contributed by atoms with van der Waals surface area (Å²) < 4.78 is 13.1. The lowest BCUT2D eigenvalue weighted by Gasteiger charge is -2.23. The highest BCUT2D eigenvalue weighted by Crippen LogP contribution is 2.24. The second-order valence-electron chi connectivity index (χ2n) is 6.03. The number of hydrogen-bond donors (Lipinski definition) is 3. The maximum Gasteiger partial charge on any atom is 0.308 e. The van der Waals surface area contributed by atoms with Crippen LogP contribution in [-0.4, -0.2) is 28.1 Å². The second kappa shape index (κ2) is 8.06. The minimum Gasteiger partial charge on any atom is -0.481 e. The molecule has 0 radical (unpaired) electrons. The van der Waals surface area contributed by atoms with Crippen molar-refractivity contribution in [3.05, 3.63) is 35.6 Å². The molecule has 0 heterocycles. The van der Waals surface area contributed by atoms with Gasteiger partial charge in [0.1, 0.15) is 5.82 Å². The number of aliphatic hydroxyl groups is 1. The lowest BCUT2D eigenvalue weighted by Crippen LogP contribution is -2.43. The molecule has 6 heteroatoms. The largest absolute Gasteiger partial charge is 0.481 e. The zero-order valence-electron chi connectivity index (χ0n) is 12.9. The summed E-state index contributed by atoms with van der Waals surface area (Å²) in [7, 11) is 0. The Morgan fingerprint density at radius 3 is 2.70 bits per heavy atom. The van der Waals surface area contributed by atoms with E-state index < -0.39 is 35.8 Å². The maximum absolute atomic E-state index is 13.1. The summed E-state index contributed by atoms with van der Waals surface area (Å²) in [5, 5.41) is 22.1. The zero-order chi connectivity index (χ0) is 16.8. The van der Waals surface area contributed by atoms with Crippen molar-refractivity contribution in [3.63, 3.8) is 0 Å². The number of hydrogen-bond acceptors (Lipinski definition) is 3. The molecule has 1 amide bonds. The fourth-order valence-electron chi connectivity index (χ4n) is 3.05. The van der Waals surface area contributed by atoms with Crippen LogP contribution in [0.1, 0.15) is 50.2 Å². The predicted octanol–water partition coefficient (Wildman–Crippen LogP) is 2.40. The first kappa shape index (κ1) is 17.4. The van der Waals surface area contributed by atoms with Crippen molar-refractivity contribution >= 4 is 11.9 Å². The summed E-state index contributed by atoms with van der Waals surface area (Å²) in [6.07, 6.45) is 2.52. The van der Waals surface area contributed by atoms with Gasteiger partial charge in [0, 0.05) is 6.04 Å². The van der Waals surface area contributed by atoms with Gasteiger partial charge in [0.25, 0.3) is 0 Å². The van der Waals surface area contributed by atoms with Crippen LogP contribution in [0.2, 0.25) is 0 Å². The predicted molar refractivity (Wildman–Crippen MR) is 82.1 cm³/mol. The van der Waals surface area contributed by atoms with E-state index in [0.29, 0.717) is 18.4 Å². The van der Waals surface area contributed by atoms with Crippen molar-refractivity contribution in [1.82, 2.24) is 5.32 Å². The Morgan fingerprint density at radius 1 is 1.26 bits per heavy atom. The monoisotopic (exact) mass is 323 g/mol. The molecule has 1 saturated carbocycles. The topological polar surface area (TPSA) is 86.6 Å². The van der Waals surface area contributed by atoms with E-state index in [9.17, 15) is 24.2 Å². The molecule has 1 aliphatic rings. The van der Waals surface area contributed by atoms with E-state index in [0.717, 1.165) is 19.3 Å². The fourth-order valence-corrected chi connectivity index (χ4v) is 3.05. The van der Waals surface area contributed by atoms with E-state index in [-0.39, 0.29) is 6.42 Å². The third-order valence-corrected chi connectivity index (χ3v) is 4.29. The van der Waals surface area contributed by atoms with Crippen LogP contribution >= 0.6 is 0 Å². The lowest BCUT2D eigenvalue weighted by atomic mass is 9.94. The molecular weight excluding hydrogens is 301 g/mol. The van der Waals surface area contributed by atoms with E-state index in [4.69, 9.17) is 0 Å². The molecule has 1 unspecified atom stereocenters. The van der Waals surface area contributed by atoms with E-state index in [1.54, 1.807) is 6.07 Å². The summed E-state index contributed by atoms with van der Waals surface area (Å²) in [6, 6.07) is 5.05. The van der Waals surface area contributed by atoms with Crippen LogP contribution in [0.25, 0.3) is 0 Å². The summed E-state index contributed by atoms with van der Waals surface area (Å²) in [5.74, 6) is -2.38.